The van der Waals surface area contributed by atoms with Crippen LogP contribution in [-0.4, -0.2) is 29.1 Å². The summed E-state index contributed by atoms with van der Waals surface area (Å²) in [5, 5.41) is 3.44. The number of hydrogen-bond acceptors (Lipinski definition) is 4. The van der Waals surface area contributed by atoms with Gasteiger partial charge >= 0.3 is 6.03 Å². The molecule has 3 aromatic carbocycles. The molecule has 0 saturated carbocycles. The van der Waals surface area contributed by atoms with E-state index < -0.39 is 17.7 Å². The van der Waals surface area contributed by atoms with Gasteiger partial charge in [0.05, 0.1) is 12.1 Å². The van der Waals surface area contributed by atoms with Gasteiger partial charge in [0, 0.05) is 29.2 Å². The molecule has 178 valence electrons. The predicted octanol–water partition coefficient (Wildman–Crippen LogP) is 4.81. The standard InChI is InChI=1S/C26H21F2N3O4/c27-19-3-1-16(2-4-19)14-31(26(33)29-21-7-5-20(28)6-8-21)15-18-11-17-12-23-24(35-10-9-34-23)13-22(17)30-25(18)32/h1-8,11-13H,9-10,14-15H2,(H,29,33)(H,30,32). The lowest BCUT2D eigenvalue weighted by atomic mass is 10.1. The van der Waals surface area contributed by atoms with Gasteiger partial charge in [-0.2, -0.15) is 0 Å². The number of hydrogen-bond donors (Lipinski definition) is 2. The van der Waals surface area contributed by atoms with E-state index in [1.165, 1.54) is 41.3 Å². The Bertz CT molecular complexity index is 1440. The first-order valence-corrected chi connectivity index (χ1v) is 11.0. The van der Waals surface area contributed by atoms with Crippen LogP contribution in [0.5, 0.6) is 11.5 Å². The summed E-state index contributed by atoms with van der Waals surface area (Å²) in [7, 11) is 0. The van der Waals surface area contributed by atoms with E-state index in [1.807, 2.05) is 0 Å². The molecule has 5 rings (SSSR count). The van der Waals surface area contributed by atoms with E-state index in [0.29, 0.717) is 47.0 Å². The largest absolute Gasteiger partial charge is 0.486 e. The molecule has 2 amide bonds. The number of nitrogens with zero attached hydrogens (tertiary/aromatic N) is 1. The first kappa shape index (κ1) is 22.4. The molecule has 0 radical (unpaired) electrons. The predicted molar refractivity (Wildman–Crippen MR) is 127 cm³/mol. The van der Waals surface area contributed by atoms with E-state index in [4.69, 9.17) is 9.47 Å². The van der Waals surface area contributed by atoms with Gasteiger partial charge in [-0.05, 0) is 54.1 Å². The number of ether oxygens (including phenoxy) is 2. The minimum atomic E-state index is -0.498. The number of amides is 2. The lowest BCUT2D eigenvalue weighted by Crippen LogP contribution is -2.35. The fourth-order valence-corrected chi connectivity index (χ4v) is 3.86. The van der Waals surface area contributed by atoms with Crippen molar-refractivity contribution in [3.63, 3.8) is 0 Å². The van der Waals surface area contributed by atoms with Crippen LogP contribution in [0.25, 0.3) is 10.9 Å². The molecule has 1 aromatic heterocycles. The summed E-state index contributed by atoms with van der Waals surface area (Å²) < 4.78 is 37.9. The van der Waals surface area contributed by atoms with E-state index in [9.17, 15) is 18.4 Å². The SMILES string of the molecule is O=C(Nc1ccc(F)cc1)N(Cc1ccc(F)cc1)Cc1cc2cc3c(cc2[nH]c1=O)OCCO3. The van der Waals surface area contributed by atoms with Crippen molar-refractivity contribution in [2.45, 2.75) is 13.1 Å². The first-order valence-electron chi connectivity index (χ1n) is 11.0. The number of urea groups is 1. The van der Waals surface area contributed by atoms with Crippen molar-refractivity contribution < 1.29 is 23.0 Å². The molecule has 2 N–H and O–H groups in total. The number of nitrogens with one attached hydrogen (secondary N) is 2. The zero-order chi connectivity index (χ0) is 24.4. The molecule has 0 spiro atoms. The summed E-state index contributed by atoms with van der Waals surface area (Å²) in [4.78, 5) is 30.3. The number of rotatable bonds is 5. The van der Waals surface area contributed by atoms with Crippen LogP contribution in [0, 0.1) is 11.6 Å². The second kappa shape index (κ2) is 9.46. The van der Waals surface area contributed by atoms with Crippen molar-refractivity contribution in [1.29, 1.82) is 0 Å². The number of anilines is 1. The fraction of sp³-hybridized carbons (Fsp3) is 0.154. The molecule has 0 fully saturated rings. The fourth-order valence-electron chi connectivity index (χ4n) is 3.86. The molecule has 0 unspecified atom stereocenters. The normalized spacial score (nSPS) is 12.4. The Hall–Kier alpha value is -4.40. The van der Waals surface area contributed by atoms with Crippen molar-refractivity contribution in [3.05, 3.63) is 99.8 Å². The highest BCUT2D eigenvalue weighted by Crippen LogP contribution is 2.33. The van der Waals surface area contributed by atoms with E-state index in [0.717, 1.165) is 5.39 Å². The third-order valence-corrected chi connectivity index (χ3v) is 5.61. The number of fused-ring (bicyclic) bond motifs is 2. The van der Waals surface area contributed by atoms with Gasteiger partial charge in [0.1, 0.15) is 24.8 Å². The Labute approximate surface area is 198 Å². The maximum absolute atomic E-state index is 13.4. The minimum absolute atomic E-state index is 0.0237. The Morgan fingerprint density at radius 3 is 2.20 bits per heavy atom. The lowest BCUT2D eigenvalue weighted by molar-refractivity contribution is 0.172. The molecule has 1 aliphatic rings. The van der Waals surface area contributed by atoms with Gasteiger partial charge in [0.15, 0.2) is 11.5 Å². The Morgan fingerprint density at radius 1 is 0.886 bits per heavy atom. The summed E-state index contributed by atoms with van der Waals surface area (Å²) in [6.07, 6.45) is 0. The van der Waals surface area contributed by atoms with Gasteiger partial charge < -0.3 is 24.7 Å². The van der Waals surface area contributed by atoms with Crippen LogP contribution in [0.4, 0.5) is 19.3 Å². The van der Waals surface area contributed by atoms with Gasteiger partial charge in [0.25, 0.3) is 5.56 Å². The number of H-pyrrole nitrogens is 1. The van der Waals surface area contributed by atoms with Crippen molar-refractivity contribution >= 4 is 22.6 Å². The average molecular weight is 477 g/mol. The van der Waals surface area contributed by atoms with Crippen molar-refractivity contribution in [1.82, 2.24) is 9.88 Å². The van der Waals surface area contributed by atoms with Crippen LogP contribution >= 0.6 is 0 Å². The van der Waals surface area contributed by atoms with Gasteiger partial charge in [-0.3, -0.25) is 4.79 Å². The topological polar surface area (TPSA) is 83.7 Å². The van der Waals surface area contributed by atoms with Crippen LogP contribution in [0.2, 0.25) is 0 Å². The van der Waals surface area contributed by atoms with E-state index in [2.05, 4.69) is 10.3 Å². The number of benzene rings is 3. The summed E-state index contributed by atoms with van der Waals surface area (Å²) in [6.45, 7) is 0.960. The Morgan fingerprint density at radius 2 is 1.51 bits per heavy atom. The quantitative estimate of drug-likeness (QED) is 0.432. The van der Waals surface area contributed by atoms with Gasteiger partial charge in [-0.1, -0.05) is 12.1 Å². The minimum Gasteiger partial charge on any atom is -0.486 e. The highest BCUT2D eigenvalue weighted by Gasteiger charge is 2.19. The highest BCUT2D eigenvalue weighted by atomic mass is 19.1. The molecule has 0 aliphatic carbocycles. The van der Waals surface area contributed by atoms with Gasteiger partial charge in [-0.25, -0.2) is 13.6 Å². The van der Waals surface area contributed by atoms with Crippen molar-refractivity contribution in [2.24, 2.45) is 0 Å². The second-order valence-electron chi connectivity index (χ2n) is 8.13. The maximum Gasteiger partial charge on any atom is 0.322 e. The third-order valence-electron chi connectivity index (χ3n) is 5.61. The van der Waals surface area contributed by atoms with Crippen LogP contribution in [0.15, 0.2) is 71.5 Å². The molecule has 2 heterocycles. The molecule has 35 heavy (non-hydrogen) atoms. The van der Waals surface area contributed by atoms with E-state index >= 15 is 0 Å². The molecule has 7 nitrogen and oxygen atoms in total. The van der Waals surface area contributed by atoms with Crippen LogP contribution in [0.3, 0.4) is 0 Å². The average Bonchev–Trinajstić information content (AvgIpc) is 2.85. The molecule has 9 heteroatoms. The summed E-state index contributed by atoms with van der Waals surface area (Å²) in [5.41, 5.74) is 1.66. The Balaban J connectivity index is 1.46. The molecular formula is C26H21F2N3O4. The monoisotopic (exact) mass is 477 g/mol. The van der Waals surface area contributed by atoms with E-state index in [-0.39, 0.29) is 18.6 Å². The molecule has 4 aromatic rings. The van der Waals surface area contributed by atoms with Crippen LogP contribution < -0.4 is 20.3 Å². The number of halogens is 2. The smallest absolute Gasteiger partial charge is 0.322 e. The molecular weight excluding hydrogens is 456 g/mol. The number of carbonyl (C=O) groups is 1. The van der Waals surface area contributed by atoms with Gasteiger partial charge in [-0.15, -0.1) is 0 Å². The number of aromatic amines is 1. The third kappa shape index (κ3) is 5.08. The summed E-state index contributed by atoms with van der Waals surface area (Å²) in [5.74, 6) is 0.324. The zero-order valence-electron chi connectivity index (χ0n) is 18.5. The molecule has 0 bridgehead atoms. The second-order valence-corrected chi connectivity index (χ2v) is 8.13. The maximum atomic E-state index is 13.4. The van der Waals surface area contributed by atoms with E-state index in [1.54, 1.807) is 30.3 Å². The summed E-state index contributed by atoms with van der Waals surface area (Å²) in [6, 6.07) is 15.8. The molecule has 1 aliphatic heterocycles. The van der Waals surface area contributed by atoms with Crippen molar-refractivity contribution in [2.75, 3.05) is 18.5 Å². The zero-order valence-corrected chi connectivity index (χ0v) is 18.5. The lowest BCUT2D eigenvalue weighted by Gasteiger charge is -2.24. The number of carbonyl (C=O) groups excluding carboxylic acids is 1. The Kier molecular flexibility index (Phi) is 6.05. The number of aromatic nitrogens is 1. The highest BCUT2D eigenvalue weighted by molar-refractivity contribution is 5.89. The van der Waals surface area contributed by atoms with Crippen molar-refractivity contribution in [3.8, 4) is 11.5 Å². The molecule has 0 atom stereocenters. The van der Waals surface area contributed by atoms with Crippen LogP contribution in [0.1, 0.15) is 11.1 Å². The van der Waals surface area contributed by atoms with Gasteiger partial charge in [0.2, 0.25) is 0 Å². The van der Waals surface area contributed by atoms with Crippen LogP contribution in [-0.2, 0) is 13.1 Å². The first-order chi connectivity index (χ1) is 16.9. The number of pyridine rings is 1. The summed E-state index contributed by atoms with van der Waals surface area (Å²) >= 11 is 0. The molecule has 0 saturated heterocycles.